The minimum atomic E-state index is -4.83. The number of carbonyl (C=O) groups is 3. The van der Waals surface area contributed by atoms with Crippen molar-refractivity contribution >= 4 is 17.7 Å². The molecule has 1 heterocycles. The molecule has 1 aliphatic heterocycles. The average Bonchev–Trinajstić information content (AvgIpc) is 3.07. The molecule has 4 N–H and O–H groups in total. The molecule has 1 aliphatic rings. The highest BCUT2D eigenvalue weighted by atomic mass is 19.4. The van der Waals surface area contributed by atoms with E-state index in [1.807, 2.05) is 0 Å². The molecule has 0 bridgehead atoms. The molecule has 3 rings (SSSR count). The lowest BCUT2D eigenvalue weighted by Crippen LogP contribution is -2.58. The Balaban J connectivity index is 1.97. The fraction of sp³-hybridized carbons (Fsp3) is 0.464. The minimum Gasteiger partial charge on any atom is -0.508 e. The molecule has 0 aliphatic carbocycles. The summed E-state index contributed by atoms with van der Waals surface area (Å²) in [6.07, 6.45) is -7.14. The summed E-state index contributed by atoms with van der Waals surface area (Å²) >= 11 is 0. The molecule has 2 aromatic rings. The number of nitrogens with one attached hydrogen (secondary N) is 2. The van der Waals surface area contributed by atoms with E-state index in [-0.39, 0.29) is 23.3 Å². The van der Waals surface area contributed by atoms with Crippen molar-refractivity contribution in [2.24, 2.45) is 5.41 Å². The van der Waals surface area contributed by atoms with Crippen LogP contribution >= 0.6 is 0 Å². The minimum absolute atomic E-state index is 0.0703. The zero-order valence-electron chi connectivity index (χ0n) is 22.9. The number of phenols is 1. The standard InChI is InChI=1S/C28H32F5N3O5/c1-15-10-11-19(37)16(2)20(15)23(39)35-18(12-17-8-6-5-7-9-17)21(38)25(41)36-14-27(29,30)26(3,4)22(36)24(40)34-13-28(31,32)33/h5-11,18,21-22,37-38H,12-14H2,1-4H3,(H,34,40)(H,35,39)/t18-,21-,22-/m0/s1. The van der Waals surface area contributed by atoms with Crippen molar-refractivity contribution in [1.29, 1.82) is 0 Å². The molecule has 41 heavy (non-hydrogen) atoms. The molecule has 0 aromatic heterocycles. The quantitative estimate of drug-likeness (QED) is 0.355. The molecule has 0 unspecified atom stereocenters. The highest BCUT2D eigenvalue weighted by Crippen LogP contribution is 2.48. The van der Waals surface area contributed by atoms with Crippen LogP contribution in [0.2, 0.25) is 0 Å². The topological polar surface area (TPSA) is 119 Å². The first-order valence-electron chi connectivity index (χ1n) is 12.7. The molecule has 0 radical (unpaired) electrons. The van der Waals surface area contributed by atoms with Crippen LogP contribution in [-0.2, 0) is 16.0 Å². The summed E-state index contributed by atoms with van der Waals surface area (Å²) in [7, 11) is 0. The number of carbonyl (C=O) groups excluding carboxylic acids is 3. The average molecular weight is 586 g/mol. The van der Waals surface area contributed by atoms with Crippen molar-refractivity contribution in [3.8, 4) is 5.75 Å². The van der Waals surface area contributed by atoms with Crippen molar-refractivity contribution in [2.45, 2.75) is 64.4 Å². The summed E-state index contributed by atoms with van der Waals surface area (Å²) < 4.78 is 68.3. The Morgan fingerprint density at radius 3 is 2.27 bits per heavy atom. The lowest BCUT2D eigenvalue weighted by Gasteiger charge is -2.34. The van der Waals surface area contributed by atoms with Crippen LogP contribution in [0.3, 0.4) is 0 Å². The molecule has 0 spiro atoms. The number of amides is 3. The first-order valence-corrected chi connectivity index (χ1v) is 12.7. The van der Waals surface area contributed by atoms with E-state index in [0.717, 1.165) is 13.8 Å². The van der Waals surface area contributed by atoms with E-state index in [1.54, 1.807) is 42.6 Å². The summed E-state index contributed by atoms with van der Waals surface area (Å²) in [6.45, 7) is 1.85. The predicted molar refractivity (Wildman–Crippen MR) is 138 cm³/mol. The van der Waals surface area contributed by atoms with Gasteiger partial charge in [-0.15, -0.1) is 0 Å². The van der Waals surface area contributed by atoms with Gasteiger partial charge in [-0.05, 0) is 37.5 Å². The number of hydrogen-bond acceptors (Lipinski definition) is 5. The molecule has 1 fully saturated rings. The van der Waals surface area contributed by atoms with Crippen LogP contribution in [0.15, 0.2) is 42.5 Å². The molecule has 224 valence electrons. The van der Waals surface area contributed by atoms with Crippen molar-refractivity contribution in [1.82, 2.24) is 15.5 Å². The fourth-order valence-electron chi connectivity index (χ4n) is 4.93. The summed E-state index contributed by atoms with van der Waals surface area (Å²) in [5.74, 6) is -7.47. The van der Waals surface area contributed by atoms with Gasteiger partial charge in [0.05, 0.1) is 18.0 Å². The highest BCUT2D eigenvalue weighted by molar-refractivity contribution is 5.98. The molecule has 8 nitrogen and oxygen atoms in total. The summed E-state index contributed by atoms with van der Waals surface area (Å²) in [4.78, 5) is 39.9. The summed E-state index contributed by atoms with van der Waals surface area (Å²) in [5.41, 5.74) is -0.962. The van der Waals surface area contributed by atoms with Crippen LogP contribution in [0.1, 0.15) is 40.9 Å². The number of aromatic hydroxyl groups is 1. The lowest BCUT2D eigenvalue weighted by molar-refractivity contribution is -0.151. The zero-order chi connectivity index (χ0) is 30.9. The number of halogens is 5. The van der Waals surface area contributed by atoms with Gasteiger partial charge < -0.3 is 25.7 Å². The number of aliphatic hydroxyl groups is 1. The van der Waals surface area contributed by atoms with Crippen LogP contribution in [-0.4, -0.2) is 76.2 Å². The maximum atomic E-state index is 15.0. The molecular formula is C28H32F5N3O5. The van der Waals surface area contributed by atoms with Crippen molar-refractivity contribution in [2.75, 3.05) is 13.1 Å². The third-order valence-corrected chi connectivity index (χ3v) is 7.42. The van der Waals surface area contributed by atoms with Gasteiger partial charge in [0.2, 0.25) is 5.91 Å². The Labute approximate surface area is 233 Å². The molecule has 2 aromatic carbocycles. The maximum Gasteiger partial charge on any atom is 0.405 e. The van der Waals surface area contributed by atoms with Crippen molar-refractivity contribution < 1.29 is 46.5 Å². The number of rotatable bonds is 8. The van der Waals surface area contributed by atoms with Crippen LogP contribution in [0, 0.1) is 19.3 Å². The zero-order valence-corrected chi connectivity index (χ0v) is 22.9. The van der Waals surface area contributed by atoms with Gasteiger partial charge in [0.1, 0.15) is 18.3 Å². The van der Waals surface area contributed by atoms with E-state index in [4.69, 9.17) is 0 Å². The van der Waals surface area contributed by atoms with E-state index < -0.39 is 66.5 Å². The number of aliphatic hydroxyl groups excluding tert-OH is 1. The summed E-state index contributed by atoms with van der Waals surface area (Å²) in [5, 5.41) is 25.4. The number of phenolic OH excluding ortho intramolecular Hbond substituents is 1. The van der Waals surface area contributed by atoms with E-state index in [0.29, 0.717) is 16.0 Å². The molecule has 13 heteroatoms. The normalized spacial score (nSPS) is 19.4. The Morgan fingerprint density at radius 1 is 1.07 bits per heavy atom. The number of alkyl halides is 5. The SMILES string of the molecule is Cc1ccc(O)c(C)c1C(=O)N[C@@H](Cc1ccccc1)[C@H](O)C(=O)N1CC(F)(F)C(C)(C)[C@@H]1C(=O)NCC(F)(F)F. The van der Waals surface area contributed by atoms with Crippen LogP contribution < -0.4 is 10.6 Å². The second kappa shape index (κ2) is 11.6. The van der Waals surface area contributed by atoms with Crippen LogP contribution in [0.4, 0.5) is 22.0 Å². The van der Waals surface area contributed by atoms with Gasteiger partial charge in [0, 0.05) is 11.1 Å². The van der Waals surface area contributed by atoms with E-state index in [2.05, 4.69) is 5.32 Å². The fourth-order valence-corrected chi connectivity index (χ4v) is 4.93. The third-order valence-electron chi connectivity index (χ3n) is 7.42. The van der Waals surface area contributed by atoms with E-state index >= 15 is 8.78 Å². The second-order valence-corrected chi connectivity index (χ2v) is 10.7. The van der Waals surface area contributed by atoms with Gasteiger partial charge in [-0.25, -0.2) is 8.78 Å². The largest absolute Gasteiger partial charge is 0.508 e. The van der Waals surface area contributed by atoms with Gasteiger partial charge in [-0.1, -0.05) is 50.2 Å². The second-order valence-electron chi connectivity index (χ2n) is 10.7. The lowest BCUT2D eigenvalue weighted by atomic mass is 9.81. The monoisotopic (exact) mass is 585 g/mol. The van der Waals surface area contributed by atoms with Gasteiger partial charge in [0.25, 0.3) is 17.7 Å². The Bertz CT molecular complexity index is 1300. The number of benzene rings is 2. The van der Waals surface area contributed by atoms with Crippen LogP contribution in [0.5, 0.6) is 5.75 Å². The number of nitrogens with zero attached hydrogens (tertiary/aromatic N) is 1. The Kier molecular flexibility index (Phi) is 9.02. The first-order chi connectivity index (χ1) is 18.9. The molecule has 1 saturated heterocycles. The molecule has 3 amide bonds. The molecule has 3 atom stereocenters. The van der Waals surface area contributed by atoms with Crippen molar-refractivity contribution in [3.63, 3.8) is 0 Å². The first kappa shape index (κ1) is 31.8. The van der Waals surface area contributed by atoms with E-state index in [9.17, 15) is 37.8 Å². The smallest absolute Gasteiger partial charge is 0.405 e. The predicted octanol–water partition coefficient (Wildman–Crippen LogP) is 3.26. The number of hydrogen-bond donors (Lipinski definition) is 4. The molecular weight excluding hydrogens is 553 g/mol. The summed E-state index contributed by atoms with van der Waals surface area (Å²) in [6, 6.07) is 7.73. The Morgan fingerprint density at radius 2 is 1.68 bits per heavy atom. The van der Waals surface area contributed by atoms with Crippen LogP contribution in [0.25, 0.3) is 0 Å². The Hall–Kier alpha value is -3.74. The van der Waals surface area contributed by atoms with Gasteiger partial charge in [-0.2, -0.15) is 13.2 Å². The number of likely N-dealkylation sites (tertiary alicyclic amines) is 1. The third kappa shape index (κ3) is 6.77. The number of aryl methyl sites for hydroxylation is 1. The van der Waals surface area contributed by atoms with Gasteiger partial charge >= 0.3 is 6.18 Å². The van der Waals surface area contributed by atoms with Gasteiger partial charge in [0.15, 0.2) is 6.10 Å². The van der Waals surface area contributed by atoms with Crippen molar-refractivity contribution in [3.05, 3.63) is 64.7 Å². The highest BCUT2D eigenvalue weighted by Gasteiger charge is 2.64. The van der Waals surface area contributed by atoms with E-state index in [1.165, 1.54) is 19.1 Å². The van der Waals surface area contributed by atoms with Gasteiger partial charge in [-0.3, -0.25) is 14.4 Å². The molecule has 0 saturated carbocycles. The maximum absolute atomic E-state index is 15.0.